The number of benzene rings is 4. The van der Waals surface area contributed by atoms with Crippen LogP contribution in [-0.2, 0) is 29.2 Å². The number of esters is 1. The molecule has 0 unspecified atom stereocenters. The second-order valence-corrected chi connectivity index (χ2v) is 7.74. The van der Waals surface area contributed by atoms with Crippen molar-refractivity contribution in [2.24, 2.45) is 0 Å². The normalized spacial score (nSPS) is 9.94. The Kier molecular flexibility index (Phi) is 9.45. The van der Waals surface area contributed by atoms with Gasteiger partial charge in [-0.3, -0.25) is 4.79 Å². The Labute approximate surface area is 204 Å². The number of carbonyl (C=O) groups excluding carboxylic acids is 2. The number of hydrogen-bond donors (Lipinski definition) is 2. The number of phenolic OH excluding ortho intramolecular Hbond substituents is 2. The molecule has 0 fully saturated rings. The van der Waals surface area contributed by atoms with Crippen molar-refractivity contribution in [2.75, 3.05) is 0 Å². The molecule has 4 aromatic rings. The minimum absolute atomic E-state index is 0.0501. The van der Waals surface area contributed by atoms with Crippen molar-refractivity contribution >= 4 is 12.4 Å². The van der Waals surface area contributed by atoms with Crippen LogP contribution < -0.4 is 0 Å². The van der Waals surface area contributed by atoms with Crippen LogP contribution >= 0.6 is 0 Å². The zero-order chi connectivity index (χ0) is 24.9. The summed E-state index contributed by atoms with van der Waals surface area (Å²) in [5.41, 5.74) is 3.10. The van der Waals surface area contributed by atoms with Crippen LogP contribution in [0.2, 0.25) is 0 Å². The average molecular weight is 470 g/mol. The Morgan fingerprint density at radius 1 is 0.714 bits per heavy atom. The third-order valence-electron chi connectivity index (χ3n) is 5.02. The number of aromatic hydroxyl groups is 2. The van der Waals surface area contributed by atoms with E-state index in [1.165, 1.54) is 18.2 Å². The molecule has 0 spiro atoms. The van der Waals surface area contributed by atoms with Crippen molar-refractivity contribution in [1.82, 2.24) is 4.90 Å². The highest BCUT2D eigenvalue weighted by Gasteiger charge is 2.13. The first-order chi connectivity index (χ1) is 17.0. The van der Waals surface area contributed by atoms with Crippen LogP contribution in [0.15, 0.2) is 109 Å². The molecule has 1 amide bonds. The van der Waals surface area contributed by atoms with Crippen LogP contribution in [0.4, 0.5) is 0 Å². The van der Waals surface area contributed by atoms with Gasteiger partial charge in [0.1, 0.15) is 23.7 Å². The van der Waals surface area contributed by atoms with Crippen molar-refractivity contribution < 1.29 is 24.5 Å². The number of rotatable bonds is 8. The maximum atomic E-state index is 11.7. The molecule has 6 heteroatoms. The fraction of sp³-hybridized carbons (Fsp3) is 0.103. The Morgan fingerprint density at radius 3 is 1.69 bits per heavy atom. The molecule has 0 aliphatic heterocycles. The Morgan fingerprint density at radius 2 is 1.20 bits per heavy atom. The van der Waals surface area contributed by atoms with Crippen LogP contribution in [0.3, 0.4) is 0 Å². The molecule has 0 bridgehead atoms. The molecule has 4 rings (SSSR count). The van der Waals surface area contributed by atoms with Crippen molar-refractivity contribution in [3.8, 4) is 11.5 Å². The first-order valence-corrected chi connectivity index (χ1v) is 11.1. The SMILES string of the molecule is O=C(OCc1ccccc1)c1cc(O)ccc1O.O=CN(Cc1ccccc1)Cc1ccccc1. The summed E-state index contributed by atoms with van der Waals surface area (Å²) in [6, 6.07) is 32.9. The summed E-state index contributed by atoms with van der Waals surface area (Å²) in [5, 5.41) is 18.7. The third-order valence-corrected chi connectivity index (χ3v) is 5.02. The highest BCUT2D eigenvalue weighted by Crippen LogP contribution is 2.23. The highest BCUT2D eigenvalue weighted by molar-refractivity contribution is 5.92. The molecule has 4 aromatic carbocycles. The minimum atomic E-state index is -0.674. The first kappa shape index (κ1) is 25.1. The summed E-state index contributed by atoms with van der Waals surface area (Å²) in [6.07, 6.45) is 0.903. The summed E-state index contributed by atoms with van der Waals surface area (Å²) in [7, 11) is 0. The molecule has 0 saturated heterocycles. The summed E-state index contributed by atoms with van der Waals surface area (Å²) < 4.78 is 5.04. The number of ether oxygens (including phenoxy) is 1. The first-order valence-electron chi connectivity index (χ1n) is 11.1. The smallest absolute Gasteiger partial charge is 0.342 e. The minimum Gasteiger partial charge on any atom is -0.508 e. The van der Waals surface area contributed by atoms with Crippen molar-refractivity contribution in [2.45, 2.75) is 19.7 Å². The molecule has 0 aromatic heterocycles. The van der Waals surface area contributed by atoms with E-state index in [-0.39, 0.29) is 23.7 Å². The number of nitrogens with zero attached hydrogens (tertiary/aromatic N) is 1. The number of phenols is 2. The van der Waals surface area contributed by atoms with Crippen LogP contribution in [0, 0.1) is 0 Å². The second-order valence-electron chi connectivity index (χ2n) is 7.74. The Bertz CT molecular complexity index is 1160. The average Bonchev–Trinajstić information content (AvgIpc) is 2.90. The molecule has 0 heterocycles. The molecule has 0 atom stereocenters. The van der Waals surface area contributed by atoms with Gasteiger partial charge < -0.3 is 19.8 Å². The van der Waals surface area contributed by atoms with E-state index in [9.17, 15) is 19.8 Å². The second kappa shape index (κ2) is 13.2. The highest BCUT2D eigenvalue weighted by atomic mass is 16.5. The quantitative estimate of drug-likeness (QED) is 0.208. The van der Waals surface area contributed by atoms with Gasteiger partial charge in [-0.15, -0.1) is 0 Å². The zero-order valence-corrected chi connectivity index (χ0v) is 19.2. The molecule has 35 heavy (non-hydrogen) atoms. The van der Waals surface area contributed by atoms with Crippen molar-refractivity contribution in [1.29, 1.82) is 0 Å². The fourth-order valence-electron chi connectivity index (χ4n) is 3.25. The van der Waals surface area contributed by atoms with E-state index in [0.29, 0.717) is 13.1 Å². The summed E-state index contributed by atoms with van der Waals surface area (Å²) in [6.45, 7) is 1.42. The van der Waals surface area contributed by atoms with Gasteiger partial charge in [-0.05, 0) is 34.9 Å². The lowest BCUT2D eigenvalue weighted by Gasteiger charge is -2.17. The zero-order valence-electron chi connectivity index (χ0n) is 19.2. The summed E-state index contributed by atoms with van der Waals surface area (Å²) in [5.74, 6) is -0.988. The fourth-order valence-corrected chi connectivity index (χ4v) is 3.25. The largest absolute Gasteiger partial charge is 0.508 e. The lowest BCUT2D eigenvalue weighted by Crippen LogP contribution is -2.20. The molecule has 0 aliphatic rings. The van der Waals surface area contributed by atoms with E-state index in [2.05, 4.69) is 0 Å². The molecule has 178 valence electrons. The maximum absolute atomic E-state index is 11.7. The van der Waals surface area contributed by atoms with Gasteiger partial charge >= 0.3 is 5.97 Å². The van der Waals surface area contributed by atoms with E-state index >= 15 is 0 Å². The van der Waals surface area contributed by atoms with Gasteiger partial charge in [-0.1, -0.05) is 91.0 Å². The molecule has 2 N–H and O–H groups in total. The van der Waals surface area contributed by atoms with Gasteiger partial charge in [0.2, 0.25) is 6.41 Å². The Balaban J connectivity index is 0.000000196. The lowest BCUT2D eigenvalue weighted by molar-refractivity contribution is -0.119. The third kappa shape index (κ3) is 8.37. The van der Waals surface area contributed by atoms with Gasteiger partial charge in [-0.25, -0.2) is 4.79 Å². The predicted octanol–water partition coefficient (Wildman–Crippen LogP) is 5.30. The van der Waals surface area contributed by atoms with Crippen LogP contribution in [0.5, 0.6) is 11.5 Å². The maximum Gasteiger partial charge on any atom is 0.342 e. The van der Waals surface area contributed by atoms with E-state index in [1.807, 2.05) is 91.0 Å². The van der Waals surface area contributed by atoms with E-state index in [4.69, 9.17) is 4.74 Å². The van der Waals surface area contributed by atoms with Crippen LogP contribution in [-0.4, -0.2) is 27.5 Å². The van der Waals surface area contributed by atoms with Gasteiger partial charge in [0, 0.05) is 13.1 Å². The number of hydrogen-bond acceptors (Lipinski definition) is 5. The van der Waals surface area contributed by atoms with Gasteiger partial charge in [0.05, 0.1) is 0 Å². The van der Waals surface area contributed by atoms with E-state index in [1.54, 1.807) is 4.90 Å². The standard InChI is InChI=1S/C15H15NO.C14H12O4/c17-13-16(11-14-7-3-1-4-8-14)12-15-9-5-2-6-10-15;15-11-6-7-13(16)12(8-11)14(17)18-9-10-4-2-1-3-5-10/h1-10,13H,11-12H2;1-8,15-16H,9H2. The molecular weight excluding hydrogens is 442 g/mol. The monoisotopic (exact) mass is 469 g/mol. The van der Waals surface area contributed by atoms with E-state index < -0.39 is 5.97 Å². The molecule has 6 nitrogen and oxygen atoms in total. The van der Waals surface area contributed by atoms with Crippen LogP contribution in [0.25, 0.3) is 0 Å². The van der Waals surface area contributed by atoms with Crippen molar-refractivity contribution in [3.63, 3.8) is 0 Å². The van der Waals surface area contributed by atoms with Crippen LogP contribution in [0.1, 0.15) is 27.0 Å². The molecular formula is C29H27NO5. The van der Waals surface area contributed by atoms with Gasteiger partial charge in [-0.2, -0.15) is 0 Å². The molecule has 0 saturated carbocycles. The lowest BCUT2D eigenvalue weighted by atomic mass is 10.2. The van der Waals surface area contributed by atoms with Crippen molar-refractivity contribution in [3.05, 3.63) is 131 Å². The van der Waals surface area contributed by atoms with Gasteiger partial charge in [0.15, 0.2) is 0 Å². The number of amides is 1. The number of carbonyl (C=O) groups is 2. The van der Waals surface area contributed by atoms with E-state index in [0.717, 1.165) is 23.1 Å². The molecule has 0 aliphatic carbocycles. The summed E-state index contributed by atoms with van der Waals surface area (Å²) in [4.78, 5) is 24.5. The summed E-state index contributed by atoms with van der Waals surface area (Å²) >= 11 is 0. The predicted molar refractivity (Wildman–Crippen MR) is 134 cm³/mol. The Hall–Kier alpha value is -4.58. The topological polar surface area (TPSA) is 87.1 Å². The molecule has 0 radical (unpaired) electrons. The van der Waals surface area contributed by atoms with Gasteiger partial charge in [0.25, 0.3) is 0 Å².